The number of fused-ring (bicyclic) bond motifs is 1. The van der Waals surface area contributed by atoms with Gasteiger partial charge in [-0.05, 0) is 37.7 Å². The van der Waals surface area contributed by atoms with Gasteiger partial charge in [0.05, 0.1) is 25.8 Å². The summed E-state index contributed by atoms with van der Waals surface area (Å²) in [5.74, 6) is 0.745. The molecule has 0 atom stereocenters. The van der Waals surface area contributed by atoms with E-state index < -0.39 is 12.6 Å². The molecule has 206 valence electrons. The predicted octanol–water partition coefficient (Wildman–Crippen LogP) is 3.81. The smallest absolute Gasteiger partial charge is 0.393 e. The summed E-state index contributed by atoms with van der Waals surface area (Å²) in [6.45, 7) is 1.99. The molecule has 0 bridgehead atoms. The molecule has 0 radical (unpaired) electrons. The number of H-pyrrole nitrogens is 1. The van der Waals surface area contributed by atoms with Gasteiger partial charge >= 0.3 is 6.18 Å². The number of halogens is 3. The highest BCUT2D eigenvalue weighted by Crippen LogP contribution is 2.42. The van der Waals surface area contributed by atoms with Gasteiger partial charge in [-0.3, -0.25) is 14.8 Å². The second kappa shape index (κ2) is 10.2. The Kier molecular flexibility index (Phi) is 6.75. The number of piperazine rings is 1. The topological polar surface area (TPSA) is 113 Å². The third-order valence-corrected chi connectivity index (χ3v) is 8.67. The standard InChI is InChI=1S/C25H27F3N8O2S/c1-38-18-8-15(11-36-23(18)31-13-32-36)21-17(9-25(26,27)28)22(34-33-21)24-30-10-19(39-24)14-2-4-16(5-3-14)35-7-6-29-20(37)12-35/h8,10-11,13-14,16H,2-7,9,12H2,1H3,(H,29,37)(H,33,34). The van der Waals surface area contributed by atoms with Gasteiger partial charge in [-0.2, -0.15) is 23.4 Å². The van der Waals surface area contributed by atoms with Crippen molar-refractivity contribution in [2.45, 2.75) is 50.2 Å². The van der Waals surface area contributed by atoms with Crippen molar-refractivity contribution in [3.05, 3.63) is 35.2 Å². The van der Waals surface area contributed by atoms with Crippen LogP contribution in [0.4, 0.5) is 13.2 Å². The highest BCUT2D eigenvalue weighted by atomic mass is 32.1. The number of nitrogens with zero attached hydrogens (tertiary/aromatic N) is 6. The van der Waals surface area contributed by atoms with Crippen LogP contribution < -0.4 is 10.1 Å². The van der Waals surface area contributed by atoms with Crippen molar-refractivity contribution in [3.8, 4) is 27.7 Å². The molecule has 0 spiro atoms. The van der Waals surface area contributed by atoms with Crippen molar-refractivity contribution in [2.75, 3.05) is 26.7 Å². The third-order valence-electron chi connectivity index (χ3n) is 7.50. The summed E-state index contributed by atoms with van der Waals surface area (Å²) < 4.78 is 48.0. The highest BCUT2D eigenvalue weighted by Gasteiger charge is 2.34. The molecule has 2 fully saturated rings. The molecular formula is C25H27F3N8O2S. The van der Waals surface area contributed by atoms with Crippen LogP contribution in [0.1, 0.15) is 42.0 Å². The molecule has 10 nitrogen and oxygen atoms in total. The van der Waals surface area contributed by atoms with Crippen molar-refractivity contribution in [1.29, 1.82) is 0 Å². The largest absolute Gasteiger partial charge is 0.493 e. The van der Waals surface area contributed by atoms with Crippen LogP contribution in [0.25, 0.3) is 27.6 Å². The number of methoxy groups -OCH3 is 1. The number of ether oxygens (including phenoxy) is 1. The first-order valence-electron chi connectivity index (χ1n) is 12.8. The Morgan fingerprint density at radius 3 is 2.77 bits per heavy atom. The lowest BCUT2D eigenvalue weighted by atomic mass is 9.84. The first-order chi connectivity index (χ1) is 18.8. The number of nitrogens with one attached hydrogen (secondary N) is 2. The SMILES string of the molecule is COc1cc(-c2[nH]nc(-c3ncc(C4CCC(N5CCNC(=O)C5)CC4)s3)c2CC(F)(F)F)cn2ncnc12. The number of carbonyl (C=O) groups excluding carboxylic acids is 1. The van der Waals surface area contributed by atoms with Gasteiger partial charge in [-0.15, -0.1) is 11.3 Å². The average Bonchev–Trinajstić information content (AvgIpc) is 3.67. The van der Waals surface area contributed by atoms with Gasteiger partial charge in [0.25, 0.3) is 0 Å². The number of alkyl halides is 3. The molecule has 1 saturated heterocycles. The fourth-order valence-corrected chi connectivity index (χ4v) is 6.72. The Balaban J connectivity index is 1.26. The number of amides is 1. The number of thiazole rings is 1. The van der Waals surface area contributed by atoms with Crippen LogP contribution in [0.15, 0.2) is 24.8 Å². The van der Waals surface area contributed by atoms with E-state index >= 15 is 0 Å². The number of pyridine rings is 1. The zero-order chi connectivity index (χ0) is 27.1. The van der Waals surface area contributed by atoms with E-state index in [2.05, 4.69) is 35.5 Å². The fraction of sp³-hybridized carbons (Fsp3) is 0.480. The molecule has 1 aliphatic heterocycles. The minimum Gasteiger partial charge on any atom is -0.493 e. The highest BCUT2D eigenvalue weighted by molar-refractivity contribution is 7.15. The molecule has 4 aromatic rings. The van der Waals surface area contributed by atoms with Crippen LogP contribution >= 0.6 is 11.3 Å². The van der Waals surface area contributed by atoms with E-state index in [0.717, 1.165) is 37.1 Å². The molecule has 14 heteroatoms. The summed E-state index contributed by atoms with van der Waals surface area (Å²) in [4.78, 5) is 23.7. The number of hydrogen-bond donors (Lipinski definition) is 2. The van der Waals surface area contributed by atoms with Gasteiger partial charge in [0.15, 0.2) is 11.4 Å². The summed E-state index contributed by atoms with van der Waals surface area (Å²) in [5.41, 5.74) is 1.37. The van der Waals surface area contributed by atoms with E-state index in [9.17, 15) is 18.0 Å². The summed E-state index contributed by atoms with van der Waals surface area (Å²) >= 11 is 1.40. The molecule has 5 heterocycles. The monoisotopic (exact) mass is 560 g/mol. The molecule has 0 aromatic carbocycles. The average molecular weight is 561 g/mol. The van der Waals surface area contributed by atoms with Crippen molar-refractivity contribution in [3.63, 3.8) is 0 Å². The maximum Gasteiger partial charge on any atom is 0.393 e. The molecule has 1 saturated carbocycles. The maximum atomic E-state index is 13.7. The minimum absolute atomic E-state index is 0.0250. The number of carbonyl (C=O) groups is 1. The molecular weight excluding hydrogens is 533 g/mol. The number of aromatic nitrogens is 6. The summed E-state index contributed by atoms with van der Waals surface area (Å²) in [5, 5.41) is 14.6. The second-order valence-electron chi connectivity index (χ2n) is 9.94. The Morgan fingerprint density at radius 1 is 1.21 bits per heavy atom. The van der Waals surface area contributed by atoms with Gasteiger partial charge in [0.2, 0.25) is 5.91 Å². The van der Waals surface area contributed by atoms with Crippen molar-refractivity contribution in [1.82, 2.24) is 40.0 Å². The van der Waals surface area contributed by atoms with Crippen LogP contribution in [0.2, 0.25) is 0 Å². The molecule has 0 unspecified atom stereocenters. The minimum atomic E-state index is -4.45. The zero-order valence-electron chi connectivity index (χ0n) is 21.2. The van der Waals surface area contributed by atoms with Gasteiger partial charge in [0, 0.05) is 47.5 Å². The Bertz CT molecular complexity index is 1490. The Hall–Kier alpha value is -3.52. The molecule has 2 N–H and O–H groups in total. The van der Waals surface area contributed by atoms with E-state index in [-0.39, 0.29) is 28.8 Å². The quantitative estimate of drug-likeness (QED) is 0.369. The van der Waals surface area contributed by atoms with E-state index in [1.165, 1.54) is 29.3 Å². The summed E-state index contributed by atoms with van der Waals surface area (Å²) in [6.07, 6.45) is 2.97. The molecule has 2 aliphatic rings. The van der Waals surface area contributed by atoms with E-state index in [0.29, 0.717) is 41.1 Å². The van der Waals surface area contributed by atoms with Crippen LogP contribution in [0.5, 0.6) is 5.75 Å². The number of rotatable bonds is 6. The van der Waals surface area contributed by atoms with Crippen LogP contribution in [-0.4, -0.2) is 79.5 Å². The van der Waals surface area contributed by atoms with Crippen molar-refractivity contribution < 1.29 is 22.7 Å². The first kappa shape index (κ1) is 25.7. The van der Waals surface area contributed by atoms with Gasteiger partial charge in [-0.1, -0.05) is 0 Å². The van der Waals surface area contributed by atoms with Gasteiger partial charge in [0.1, 0.15) is 17.0 Å². The second-order valence-corrected chi connectivity index (χ2v) is 11.0. The van der Waals surface area contributed by atoms with Gasteiger partial charge < -0.3 is 10.1 Å². The molecule has 1 amide bonds. The summed E-state index contributed by atoms with van der Waals surface area (Å²) in [6, 6.07) is 2.00. The van der Waals surface area contributed by atoms with E-state index in [1.807, 2.05) is 0 Å². The summed E-state index contributed by atoms with van der Waals surface area (Å²) in [7, 11) is 1.47. The molecule has 1 aliphatic carbocycles. The van der Waals surface area contributed by atoms with Crippen LogP contribution in [0.3, 0.4) is 0 Å². The Labute approximate surface area is 225 Å². The maximum absolute atomic E-state index is 13.7. The van der Waals surface area contributed by atoms with Crippen molar-refractivity contribution in [2.24, 2.45) is 0 Å². The van der Waals surface area contributed by atoms with E-state index in [1.54, 1.807) is 18.5 Å². The molecule has 6 rings (SSSR count). The van der Waals surface area contributed by atoms with Crippen LogP contribution in [0, 0.1) is 0 Å². The number of hydrogen-bond acceptors (Lipinski definition) is 8. The van der Waals surface area contributed by atoms with Crippen LogP contribution in [-0.2, 0) is 11.2 Å². The predicted molar refractivity (Wildman–Crippen MR) is 138 cm³/mol. The zero-order valence-corrected chi connectivity index (χ0v) is 22.0. The van der Waals surface area contributed by atoms with Crippen molar-refractivity contribution >= 4 is 22.9 Å². The lowest BCUT2D eigenvalue weighted by Gasteiger charge is -2.38. The third kappa shape index (κ3) is 5.22. The number of aromatic amines is 1. The first-order valence-corrected chi connectivity index (χ1v) is 13.6. The molecule has 4 aromatic heterocycles. The lowest BCUT2D eigenvalue weighted by molar-refractivity contribution is -0.127. The lowest BCUT2D eigenvalue weighted by Crippen LogP contribution is -2.52. The fourth-order valence-electron chi connectivity index (χ4n) is 5.62. The normalized spacial score (nSPS) is 20.9. The van der Waals surface area contributed by atoms with E-state index in [4.69, 9.17) is 4.74 Å². The molecule has 39 heavy (non-hydrogen) atoms. The van der Waals surface area contributed by atoms with Gasteiger partial charge in [-0.25, -0.2) is 14.5 Å². The Morgan fingerprint density at radius 2 is 2.03 bits per heavy atom.